The minimum absolute atomic E-state index is 0.572. The molecule has 0 N–H and O–H groups in total. The van der Waals surface area contributed by atoms with Crippen molar-refractivity contribution in [2.24, 2.45) is 11.8 Å². The molecule has 2 aliphatic rings. The molecule has 0 saturated heterocycles. The second-order valence-corrected chi connectivity index (χ2v) is 5.86. The van der Waals surface area contributed by atoms with Crippen molar-refractivity contribution in [3.63, 3.8) is 0 Å². The number of fused-ring (bicyclic) bond motifs is 2. The van der Waals surface area contributed by atoms with Crippen LogP contribution in [0, 0.1) is 11.8 Å². The summed E-state index contributed by atoms with van der Waals surface area (Å²) in [6.07, 6.45) is 5.67. The summed E-state index contributed by atoms with van der Waals surface area (Å²) in [5.74, 6) is 1.91. The first-order valence-electron chi connectivity index (χ1n) is 4.72. The Balaban J connectivity index is 1.96. The fourth-order valence-corrected chi connectivity index (χ4v) is 4.59. The van der Waals surface area contributed by atoms with E-state index in [9.17, 15) is 0 Å². The Morgan fingerprint density at radius 1 is 1.08 bits per heavy atom. The first-order valence-corrected chi connectivity index (χ1v) is 5.97. The Morgan fingerprint density at radius 2 is 1.83 bits per heavy atom. The van der Waals surface area contributed by atoms with Crippen LogP contribution in [0.5, 0.6) is 0 Å². The predicted molar refractivity (Wildman–Crippen MR) is 50.2 cm³/mol. The van der Waals surface area contributed by atoms with Crippen LogP contribution >= 0.6 is 8.38 Å². The average molecular weight is 188 g/mol. The van der Waals surface area contributed by atoms with Crippen LogP contribution < -0.4 is 0 Å². The van der Waals surface area contributed by atoms with Gasteiger partial charge in [-0.1, -0.05) is 6.42 Å². The van der Waals surface area contributed by atoms with Gasteiger partial charge in [-0.05, 0) is 31.1 Å². The van der Waals surface area contributed by atoms with Crippen molar-refractivity contribution in [1.82, 2.24) is 0 Å². The van der Waals surface area contributed by atoms with E-state index in [-0.39, 0.29) is 0 Å². The lowest BCUT2D eigenvalue weighted by Gasteiger charge is -2.26. The molecule has 0 heterocycles. The van der Waals surface area contributed by atoms with Crippen molar-refractivity contribution in [2.75, 3.05) is 14.2 Å². The third kappa shape index (κ3) is 1.41. The van der Waals surface area contributed by atoms with Gasteiger partial charge in [0.25, 0.3) is 0 Å². The summed E-state index contributed by atoms with van der Waals surface area (Å²) in [7, 11) is 2.99. The molecule has 0 aromatic rings. The van der Waals surface area contributed by atoms with Gasteiger partial charge in [0.2, 0.25) is 0 Å². The Hall–Kier alpha value is 0.350. The molecule has 2 aliphatic carbocycles. The number of rotatable bonds is 3. The van der Waals surface area contributed by atoms with Gasteiger partial charge in [-0.15, -0.1) is 0 Å². The molecule has 0 radical (unpaired) electrons. The topological polar surface area (TPSA) is 18.5 Å². The SMILES string of the molecule is COP(OC)[C@H]1C[C@@H]2CC[C@H]1C2. The molecule has 0 amide bonds. The Labute approximate surface area is 75.5 Å². The lowest BCUT2D eigenvalue weighted by atomic mass is 10.0. The summed E-state index contributed by atoms with van der Waals surface area (Å²) in [6.45, 7) is 0. The maximum absolute atomic E-state index is 5.38. The fraction of sp³-hybridized carbons (Fsp3) is 1.00. The number of hydrogen-bond donors (Lipinski definition) is 0. The largest absolute Gasteiger partial charge is 0.337 e. The van der Waals surface area contributed by atoms with E-state index in [1.807, 2.05) is 0 Å². The number of hydrogen-bond acceptors (Lipinski definition) is 2. The fourth-order valence-electron chi connectivity index (χ4n) is 2.81. The van der Waals surface area contributed by atoms with Crippen molar-refractivity contribution in [1.29, 1.82) is 0 Å². The molecule has 70 valence electrons. The van der Waals surface area contributed by atoms with Crippen LogP contribution in [-0.4, -0.2) is 19.9 Å². The van der Waals surface area contributed by atoms with Crippen molar-refractivity contribution < 1.29 is 9.05 Å². The molecule has 2 fully saturated rings. The molecule has 0 aromatic carbocycles. The van der Waals surface area contributed by atoms with Gasteiger partial charge in [-0.25, -0.2) is 0 Å². The summed E-state index contributed by atoms with van der Waals surface area (Å²) >= 11 is 0. The maximum atomic E-state index is 5.38. The summed E-state index contributed by atoms with van der Waals surface area (Å²) < 4.78 is 10.8. The van der Waals surface area contributed by atoms with Gasteiger partial charge in [0, 0.05) is 19.9 Å². The first kappa shape index (κ1) is 8.93. The monoisotopic (exact) mass is 188 g/mol. The second-order valence-electron chi connectivity index (χ2n) is 3.89. The molecule has 0 aliphatic heterocycles. The summed E-state index contributed by atoms with van der Waals surface area (Å²) in [5.41, 5.74) is 0.744. The van der Waals surface area contributed by atoms with Crippen LogP contribution in [0.4, 0.5) is 0 Å². The van der Waals surface area contributed by atoms with Crippen molar-refractivity contribution in [2.45, 2.75) is 31.3 Å². The zero-order valence-corrected chi connectivity index (χ0v) is 8.72. The molecule has 2 bridgehead atoms. The highest BCUT2D eigenvalue weighted by Gasteiger charge is 2.44. The molecule has 0 aromatic heterocycles. The molecule has 2 saturated carbocycles. The summed E-state index contributed by atoms with van der Waals surface area (Å²) in [4.78, 5) is 0. The van der Waals surface area contributed by atoms with Gasteiger partial charge in [0.1, 0.15) is 0 Å². The van der Waals surface area contributed by atoms with Gasteiger partial charge in [-0.2, -0.15) is 0 Å². The van der Waals surface area contributed by atoms with Gasteiger partial charge >= 0.3 is 0 Å². The normalized spacial score (nSPS) is 39.8. The van der Waals surface area contributed by atoms with Crippen LogP contribution in [0.2, 0.25) is 0 Å². The van der Waals surface area contributed by atoms with E-state index in [2.05, 4.69) is 0 Å². The lowest BCUT2D eigenvalue weighted by molar-refractivity contribution is 0.313. The van der Waals surface area contributed by atoms with E-state index in [4.69, 9.17) is 9.05 Å². The second kappa shape index (κ2) is 3.61. The van der Waals surface area contributed by atoms with Gasteiger partial charge < -0.3 is 9.05 Å². The van der Waals surface area contributed by atoms with Gasteiger partial charge in [0.05, 0.1) is 0 Å². The van der Waals surface area contributed by atoms with Crippen LogP contribution in [-0.2, 0) is 9.05 Å². The summed E-state index contributed by atoms with van der Waals surface area (Å²) in [5, 5.41) is 0. The Kier molecular flexibility index (Phi) is 2.69. The highest BCUT2D eigenvalue weighted by atomic mass is 31.2. The van der Waals surface area contributed by atoms with Crippen LogP contribution in [0.3, 0.4) is 0 Å². The molecule has 2 nitrogen and oxygen atoms in total. The molecular formula is C9H17O2P. The third-order valence-corrected chi connectivity index (χ3v) is 5.23. The van der Waals surface area contributed by atoms with E-state index >= 15 is 0 Å². The molecule has 0 spiro atoms. The lowest BCUT2D eigenvalue weighted by Crippen LogP contribution is -2.15. The molecule has 2 rings (SSSR count). The molecule has 3 atom stereocenters. The van der Waals surface area contributed by atoms with Crippen molar-refractivity contribution in [3.05, 3.63) is 0 Å². The zero-order valence-electron chi connectivity index (χ0n) is 7.82. The molecule has 0 unspecified atom stereocenters. The first-order chi connectivity index (χ1) is 5.85. The minimum Gasteiger partial charge on any atom is -0.337 e. The van der Waals surface area contributed by atoms with E-state index in [0.29, 0.717) is 0 Å². The summed E-state index contributed by atoms with van der Waals surface area (Å²) in [6, 6.07) is 0. The molecular weight excluding hydrogens is 171 g/mol. The smallest absolute Gasteiger partial charge is 0.173 e. The van der Waals surface area contributed by atoms with Crippen molar-refractivity contribution >= 4 is 8.38 Å². The highest BCUT2D eigenvalue weighted by molar-refractivity contribution is 7.48. The van der Waals surface area contributed by atoms with Crippen molar-refractivity contribution in [3.8, 4) is 0 Å². The quantitative estimate of drug-likeness (QED) is 0.634. The van der Waals surface area contributed by atoms with Gasteiger partial charge in [-0.3, -0.25) is 0 Å². The van der Waals surface area contributed by atoms with Gasteiger partial charge in [0.15, 0.2) is 8.38 Å². The van der Waals surface area contributed by atoms with E-state index in [1.165, 1.54) is 25.7 Å². The van der Waals surface area contributed by atoms with E-state index in [0.717, 1.165) is 17.5 Å². The van der Waals surface area contributed by atoms with Crippen LogP contribution in [0.15, 0.2) is 0 Å². The van der Waals surface area contributed by atoms with E-state index in [1.54, 1.807) is 14.2 Å². The maximum Gasteiger partial charge on any atom is 0.173 e. The van der Waals surface area contributed by atoms with Crippen LogP contribution in [0.25, 0.3) is 0 Å². The van der Waals surface area contributed by atoms with E-state index < -0.39 is 8.38 Å². The predicted octanol–water partition coefficient (Wildman–Crippen LogP) is 2.78. The Bertz CT molecular complexity index is 159. The third-order valence-electron chi connectivity index (χ3n) is 3.33. The molecule has 3 heteroatoms. The average Bonchev–Trinajstić information content (AvgIpc) is 2.67. The molecule has 12 heavy (non-hydrogen) atoms. The standard InChI is InChI=1S/C9H17O2P/c1-10-12(11-2)9-6-7-3-4-8(9)5-7/h7-9H,3-6H2,1-2H3/t7-,8+,9+/m1/s1. The van der Waals surface area contributed by atoms with Crippen LogP contribution in [0.1, 0.15) is 25.7 Å². The Morgan fingerprint density at radius 3 is 2.25 bits per heavy atom. The minimum atomic E-state index is -0.572. The highest BCUT2D eigenvalue weighted by Crippen LogP contribution is 2.58. The zero-order chi connectivity index (χ0) is 8.55.